The average molecular weight is 437 g/mol. The second-order valence-corrected chi connectivity index (χ2v) is 8.25. The van der Waals surface area contributed by atoms with E-state index in [1.54, 1.807) is 6.07 Å². The lowest BCUT2D eigenvalue weighted by Gasteiger charge is -2.29. The molecule has 0 bridgehead atoms. The van der Waals surface area contributed by atoms with E-state index in [1.807, 2.05) is 0 Å². The molecule has 3 N–H and O–H groups in total. The predicted molar refractivity (Wildman–Crippen MR) is 117 cm³/mol. The summed E-state index contributed by atoms with van der Waals surface area (Å²) in [6.07, 6.45) is 1.31. The molecule has 0 aliphatic carbocycles. The minimum Gasteiger partial charge on any atom is -0.375 e. The number of fused-ring (bicyclic) bond motifs is 2. The Balaban J connectivity index is 1.80. The number of hydrogen-bond acceptors (Lipinski definition) is 8. The predicted octanol–water partition coefficient (Wildman–Crippen LogP) is 3.24. The number of rotatable bonds is 3. The Morgan fingerprint density at radius 1 is 1.19 bits per heavy atom. The zero-order chi connectivity index (χ0) is 21.5. The molecule has 156 valence electrons. The number of benzene rings is 2. The average Bonchev–Trinajstić information content (AvgIpc) is 3.18. The first-order chi connectivity index (χ1) is 15.1. The van der Waals surface area contributed by atoms with E-state index in [4.69, 9.17) is 5.73 Å². The van der Waals surface area contributed by atoms with E-state index < -0.39 is 11.6 Å². The molecule has 0 saturated carbocycles. The summed E-state index contributed by atoms with van der Waals surface area (Å²) >= 11 is 1.00. The number of anilines is 2. The monoisotopic (exact) mass is 437 g/mol. The summed E-state index contributed by atoms with van der Waals surface area (Å²) < 4.78 is 30.5. The fraction of sp³-hybridized carbons (Fsp3) is 0.238. The normalized spacial score (nSPS) is 14.3. The van der Waals surface area contributed by atoms with E-state index in [-0.39, 0.29) is 32.8 Å². The Morgan fingerprint density at radius 3 is 2.77 bits per heavy atom. The van der Waals surface area contributed by atoms with Crippen molar-refractivity contribution in [3.05, 3.63) is 41.7 Å². The van der Waals surface area contributed by atoms with Gasteiger partial charge in [-0.2, -0.15) is 5.26 Å². The molecule has 5 rings (SSSR count). The lowest BCUT2D eigenvalue weighted by atomic mass is 9.94. The molecule has 1 aliphatic heterocycles. The molecule has 0 amide bonds. The van der Waals surface area contributed by atoms with Gasteiger partial charge in [0.1, 0.15) is 23.5 Å². The molecule has 1 fully saturated rings. The number of hydrogen-bond donors (Lipinski definition) is 2. The van der Waals surface area contributed by atoms with Crippen molar-refractivity contribution in [3.8, 4) is 17.2 Å². The van der Waals surface area contributed by atoms with Crippen LogP contribution in [0.3, 0.4) is 0 Å². The number of nitrogens with zero attached hydrogens (tertiary/aromatic N) is 5. The van der Waals surface area contributed by atoms with Crippen LogP contribution in [-0.4, -0.2) is 41.1 Å². The van der Waals surface area contributed by atoms with Gasteiger partial charge in [0.25, 0.3) is 0 Å². The summed E-state index contributed by atoms with van der Waals surface area (Å²) in [5.74, 6) is -0.418. The number of nitrogens with one attached hydrogen (secondary N) is 1. The summed E-state index contributed by atoms with van der Waals surface area (Å²) in [6.45, 7) is 3.07. The van der Waals surface area contributed by atoms with Crippen LogP contribution in [0.2, 0.25) is 0 Å². The van der Waals surface area contributed by atoms with Gasteiger partial charge in [-0.3, -0.25) is 0 Å². The fourth-order valence-electron chi connectivity index (χ4n) is 4.04. The second kappa shape index (κ2) is 7.68. The molecule has 0 spiro atoms. The molecule has 1 saturated heterocycles. The lowest BCUT2D eigenvalue weighted by molar-refractivity contribution is 0.585. The number of halogens is 2. The van der Waals surface area contributed by atoms with Crippen molar-refractivity contribution in [2.24, 2.45) is 0 Å². The third-order valence-corrected chi connectivity index (χ3v) is 6.29. The Morgan fingerprint density at radius 2 is 2.00 bits per heavy atom. The standard InChI is InChI=1S/C21H17F2N7S/c22-14-2-1-12(18-19(14)31-21(25)29-18)15-11(3-4-24)9-13-17(16(15)23)27-10-28-20(13)30-7-5-26-6-8-30/h1-2,9-10,26H,3,5-8H2,(H2,25,29). The maximum absolute atomic E-state index is 15.9. The van der Waals surface area contributed by atoms with E-state index in [2.05, 4.69) is 31.2 Å². The Kier molecular flexibility index (Phi) is 4.84. The topological polar surface area (TPSA) is 104 Å². The maximum Gasteiger partial charge on any atom is 0.181 e. The molecule has 10 heteroatoms. The molecular weight excluding hydrogens is 420 g/mol. The Bertz CT molecular complexity index is 1360. The zero-order valence-corrected chi connectivity index (χ0v) is 17.1. The first-order valence-corrected chi connectivity index (χ1v) is 10.5. The summed E-state index contributed by atoms with van der Waals surface area (Å²) in [5, 5.41) is 13.4. The largest absolute Gasteiger partial charge is 0.375 e. The molecule has 2 aromatic heterocycles. The number of nitriles is 1. The van der Waals surface area contributed by atoms with Crippen LogP contribution in [-0.2, 0) is 6.42 Å². The van der Waals surface area contributed by atoms with Crippen molar-refractivity contribution in [1.82, 2.24) is 20.3 Å². The number of nitrogen functional groups attached to an aromatic ring is 1. The van der Waals surface area contributed by atoms with Crippen LogP contribution in [0.4, 0.5) is 19.7 Å². The minimum absolute atomic E-state index is 0.0312. The molecule has 7 nitrogen and oxygen atoms in total. The van der Waals surface area contributed by atoms with Gasteiger partial charge in [0, 0.05) is 42.7 Å². The van der Waals surface area contributed by atoms with Crippen molar-refractivity contribution in [2.45, 2.75) is 6.42 Å². The van der Waals surface area contributed by atoms with Crippen molar-refractivity contribution >= 4 is 43.4 Å². The molecule has 0 atom stereocenters. The van der Waals surface area contributed by atoms with E-state index in [0.717, 1.165) is 37.5 Å². The van der Waals surface area contributed by atoms with Crippen molar-refractivity contribution in [2.75, 3.05) is 36.8 Å². The van der Waals surface area contributed by atoms with Crippen LogP contribution in [0.1, 0.15) is 5.56 Å². The van der Waals surface area contributed by atoms with Crippen LogP contribution in [0, 0.1) is 23.0 Å². The summed E-state index contributed by atoms with van der Waals surface area (Å²) in [5.41, 5.74) is 7.27. The third kappa shape index (κ3) is 3.22. The Hall–Kier alpha value is -3.42. The molecule has 4 aromatic rings. The highest BCUT2D eigenvalue weighted by atomic mass is 32.1. The maximum atomic E-state index is 15.9. The SMILES string of the molecule is N#CCc1cc2c(N3CCNCC3)ncnc2c(F)c1-c1ccc(F)c2sc(N)nc12. The van der Waals surface area contributed by atoms with Crippen molar-refractivity contribution in [3.63, 3.8) is 0 Å². The highest BCUT2D eigenvalue weighted by Crippen LogP contribution is 2.40. The molecule has 1 aliphatic rings. The summed E-state index contributed by atoms with van der Waals surface area (Å²) in [4.78, 5) is 14.9. The fourth-order valence-corrected chi connectivity index (χ4v) is 4.80. The number of nitrogens with two attached hydrogens (primary N) is 1. The molecular formula is C21H17F2N7S. The van der Waals surface area contributed by atoms with Crippen LogP contribution >= 0.6 is 11.3 Å². The van der Waals surface area contributed by atoms with E-state index in [9.17, 15) is 9.65 Å². The molecule has 3 heterocycles. The van der Waals surface area contributed by atoms with Crippen LogP contribution in [0.5, 0.6) is 0 Å². The first kappa shape index (κ1) is 19.5. The highest BCUT2D eigenvalue weighted by Gasteiger charge is 2.24. The van der Waals surface area contributed by atoms with E-state index in [1.165, 1.54) is 18.5 Å². The van der Waals surface area contributed by atoms with Crippen LogP contribution in [0.15, 0.2) is 24.5 Å². The zero-order valence-electron chi connectivity index (χ0n) is 16.3. The van der Waals surface area contributed by atoms with E-state index in [0.29, 0.717) is 22.3 Å². The number of thiazole rings is 1. The lowest BCUT2D eigenvalue weighted by Crippen LogP contribution is -2.44. The van der Waals surface area contributed by atoms with Gasteiger partial charge in [-0.1, -0.05) is 11.3 Å². The molecule has 31 heavy (non-hydrogen) atoms. The van der Waals surface area contributed by atoms with Crippen LogP contribution in [0.25, 0.3) is 32.2 Å². The van der Waals surface area contributed by atoms with Gasteiger partial charge in [0.05, 0.1) is 22.7 Å². The van der Waals surface area contributed by atoms with Gasteiger partial charge in [-0.05, 0) is 23.8 Å². The summed E-state index contributed by atoms with van der Waals surface area (Å²) in [6, 6.07) is 6.60. The van der Waals surface area contributed by atoms with Gasteiger partial charge >= 0.3 is 0 Å². The Labute approximate surface area is 180 Å². The second-order valence-electron chi connectivity index (χ2n) is 7.21. The minimum atomic E-state index is -0.582. The third-order valence-electron chi connectivity index (χ3n) is 5.40. The quantitative estimate of drug-likeness (QED) is 0.507. The van der Waals surface area contributed by atoms with Crippen LogP contribution < -0.4 is 16.0 Å². The first-order valence-electron chi connectivity index (χ1n) is 9.72. The van der Waals surface area contributed by atoms with Gasteiger partial charge in [-0.25, -0.2) is 23.7 Å². The molecule has 0 radical (unpaired) electrons. The number of aromatic nitrogens is 3. The van der Waals surface area contributed by atoms with Gasteiger partial charge in [0.15, 0.2) is 10.9 Å². The number of piperazine rings is 1. The summed E-state index contributed by atoms with van der Waals surface area (Å²) in [7, 11) is 0. The smallest absolute Gasteiger partial charge is 0.181 e. The molecule has 2 aromatic carbocycles. The highest BCUT2D eigenvalue weighted by molar-refractivity contribution is 7.22. The van der Waals surface area contributed by atoms with Gasteiger partial charge in [0.2, 0.25) is 0 Å². The van der Waals surface area contributed by atoms with Crippen molar-refractivity contribution in [1.29, 1.82) is 5.26 Å². The van der Waals surface area contributed by atoms with Crippen molar-refractivity contribution < 1.29 is 8.78 Å². The van der Waals surface area contributed by atoms with Gasteiger partial charge < -0.3 is 16.0 Å². The van der Waals surface area contributed by atoms with E-state index >= 15 is 4.39 Å². The molecule has 0 unspecified atom stereocenters. The van der Waals surface area contributed by atoms with Gasteiger partial charge in [-0.15, -0.1) is 0 Å².